The van der Waals surface area contributed by atoms with Crippen LogP contribution in [0.3, 0.4) is 0 Å². The van der Waals surface area contributed by atoms with Crippen LogP contribution in [0.15, 0.2) is 12.3 Å². The number of nitrogen functional groups attached to an aromatic ring is 1. The van der Waals surface area contributed by atoms with E-state index in [2.05, 4.69) is 4.98 Å². The summed E-state index contributed by atoms with van der Waals surface area (Å²) in [4.78, 5) is 4.81. The molecule has 0 aliphatic carbocycles. The van der Waals surface area contributed by atoms with Gasteiger partial charge in [-0.1, -0.05) is 0 Å². The number of nitrogens with two attached hydrogens (primary N) is 1. The summed E-state index contributed by atoms with van der Waals surface area (Å²) >= 11 is 0. The summed E-state index contributed by atoms with van der Waals surface area (Å²) in [6.07, 6.45) is -2.82. The third kappa shape index (κ3) is 3.00. The van der Waals surface area contributed by atoms with Gasteiger partial charge in [-0.3, -0.25) is 0 Å². The second-order valence-corrected chi connectivity index (χ2v) is 3.34. The molecule has 0 amide bonds. The van der Waals surface area contributed by atoms with E-state index in [1.807, 2.05) is 0 Å². The molecule has 2 N–H and O–H groups in total. The van der Waals surface area contributed by atoms with Crippen molar-refractivity contribution in [2.45, 2.75) is 13.1 Å². The Morgan fingerprint density at radius 3 is 2.60 bits per heavy atom. The Morgan fingerprint density at radius 2 is 2.07 bits per heavy atom. The zero-order valence-corrected chi connectivity index (χ0v) is 8.47. The second-order valence-electron chi connectivity index (χ2n) is 3.34. The van der Waals surface area contributed by atoms with Gasteiger partial charge in [-0.15, -0.1) is 0 Å². The number of hydrogen-bond donors (Lipinski definition) is 1. The minimum absolute atomic E-state index is 0.160. The van der Waals surface area contributed by atoms with Crippen LogP contribution in [0.25, 0.3) is 0 Å². The summed E-state index contributed by atoms with van der Waals surface area (Å²) in [6, 6.07) is 1.65. The Balaban J connectivity index is 2.92. The maximum Gasteiger partial charge on any atom is 0.405 e. The number of aromatic nitrogens is 1. The molecule has 0 bridgehead atoms. The SMILES string of the molecule is Cc1ccnc(N(C)CC(F)(F)F)c1N. The van der Waals surface area contributed by atoms with Gasteiger partial charge in [0.2, 0.25) is 0 Å². The van der Waals surface area contributed by atoms with Gasteiger partial charge in [0.1, 0.15) is 6.54 Å². The summed E-state index contributed by atoms with van der Waals surface area (Å²) in [5.74, 6) is 0.160. The molecule has 0 fully saturated rings. The third-order valence-electron chi connectivity index (χ3n) is 1.97. The smallest absolute Gasteiger partial charge is 0.396 e. The van der Waals surface area contributed by atoms with Gasteiger partial charge in [0.25, 0.3) is 0 Å². The van der Waals surface area contributed by atoms with E-state index in [1.54, 1.807) is 13.0 Å². The van der Waals surface area contributed by atoms with Gasteiger partial charge in [0, 0.05) is 13.2 Å². The lowest BCUT2D eigenvalue weighted by Crippen LogP contribution is -2.32. The summed E-state index contributed by atoms with van der Waals surface area (Å²) in [6.45, 7) is 0.662. The molecule has 0 aliphatic heterocycles. The summed E-state index contributed by atoms with van der Waals surface area (Å²) in [7, 11) is 1.31. The molecule has 0 saturated carbocycles. The Hall–Kier alpha value is -1.46. The number of rotatable bonds is 2. The van der Waals surface area contributed by atoms with Crippen LogP contribution in [-0.4, -0.2) is 24.8 Å². The number of anilines is 2. The van der Waals surface area contributed by atoms with Crippen molar-refractivity contribution in [3.8, 4) is 0 Å². The fourth-order valence-electron chi connectivity index (χ4n) is 1.20. The molecular weight excluding hydrogens is 207 g/mol. The maximum atomic E-state index is 12.1. The van der Waals surface area contributed by atoms with Crippen LogP contribution in [-0.2, 0) is 0 Å². The molecule has 84 valence electrons. The minimum Gasteiger partial charge on any atom is -0.396 e. The molecule has 1 rings (SSSR count). The van der Waals surface area contributed by atoms with Gasteiger partial charge in [-0.2, -0.15) is 13.2 Å². The average molecular weight is 219 g/mol. The van der Waals surface area contributed by atoms with Crippen molar-refractivity contribution in [2.24, 2.45) is 0 Å². The maximum absolute atomic E-state index is 12.1. The van der Waals surface area contributed by atoms with E-state index in [-0.39, 0.29) is 11.5 Å². The first kappa shape index (κ1) is 11.6. The number of aryl methyl sites for hydroxylation is 1. The van der Waals surface area contributed by atoms with Crippen molar-refractivity contribution in [1.82, 2.24) is 4.98 Å². The predicted molar refractivity (Wildman–Crippen MR) is 52.7 cm³/mol. The lowest BCUT2D eigenvalue weighted by Gasteiger charge is -2.21. The first-order chi connectivity index (χ1) is 6.81. The van der Waals surface area contributed by atoms with Crippen molar-refractivity contribution in [1.29, 1.82) is 0 Å². The normalized spacial score (nSPS) is 11.5. The fraction of sp³-hybridized carbons (Fsp3) is 0.444. The van der Waals surface area contributed by atoms with Crippen molar-refractivity contribution >= 4 is 11.5 Å². The van der Waals surface area contributed by atoms with Crippen LogP contribution in [0, 0.1) is 6.92 Å². The monoisotopic (exact) mass is 219 g/mol. The standard InChI is InChI=1S/C9H12F3N3/c1-6-3-4-14-8(7(6)13)15(2)5-9(10,11)12/h3-4H,5,13H2,1-2H3. The summed E-state index contributed by atoms with van der Waals surface area (Å²) in [5, 5.41) is 0. The van der Waals surface area contributed by atoms with E-state index in [1.165, 1.54) is 13.2 Å². The van der Waals surface area contributed by atoms with Crippen LogP contribution in [0.4, 0.5) is 24.7 Å². The van der Waals surface area contributed by atoms with Crippen molar-refractivity contribution in [3.63, 3.8) is 0 Å². The molecule has 1 aromatic heterocycles. The highest BCUT2D eigenvalue weighted by Crippen LogP contribution is 2.25. The molecule has 0 aromatic carbocycles. The van der Waals surface area contributed by atoms with E-state index in [4.69, 9.17) is 5.73 Å². The lowest BCUT2D eigenvalue weighted by molar-refractivity contribution is -0.119. The highest BCUT2D eigenvalue weighted by molar-refractivity contribution is 5.66. The summed E-state index contributed by atoms with van der Waals surface area (Å²) < 4.78 is 36.3. The van der Waals surface area contributed by atoms with Crippen LogP contribution < -0.4 is 10.6 Å². The molecule has 15 heavy (non-hydrogen) atoms. The topological polar surface area (TPSA) is 42.2 Å². The Bertz CT molecular complexity index is 349. The van der Waals surface area contributed by atoms with Crippen LogP contribution >= 0.6 is 0 Å². The molecule has 1 aromatic rings. The minimum atomic E-state index is -4.26. The van der Waals surface area contributed by atoms with E-state index in [9.17, 15) is 13.2 Å². The highest BCUT2D eigenvalue weighted by Gasteiger charge is 2.30. The number of alkyl halides is 3. The zero-order valence-electron chi connectivity index (χ0n) is 8.47. The Kier molecular flexibility index (Phi) is 3.06. The highest BCUT2D eigenvalue weighted by atomic mass is 19.4. The van der Waals surface area contributed by atoms with Gasteiger partial charge >= 0.3 is 6.18 Å². The first-order valence-corrected chi connectivity index (χ1v) is 4.30. The van der Waals surface area contributed by atoms with E-state index >= 15 is 0 Å². The molecule has 0 spiro atoms. The van der Waals surface area contributed by atoms with Crippen molar-refractivity contribution in [2.75, 3.05) is 24.2 Å². The van der Waals surface area contributed by atoms with Gasteiger partial charge in [0.05, 0.1) is 5.69 Å². The lowest BCUT2D eigenvalue weighted by atomic mass is 10.2. The van der Waals surface area contributed by atoms with Gasteiger partial charge in [-0.05, 0) is 18.6 Å². The van der Waals surface area contributed by atoms with E-state index < -0.39 is 12.7 Å². The quantitative estimate of drug-likeness (QED) is 0.826. The molecular formula is C9H12F3N3. The molecule has 0 atom stereocenters. The number of hydrogen-bond acceptors (Lipinski definition) is 3. The number of pyridine rings is 1. The average Bonchev–Trinajstić information content (AvgIpc) is 2.06. The van der Waals surface area contributed by atoms with Crippen LogP contribution in [0.5, 0.6) is 0 Å². The largest absolute Gasteiger partial charge is 0.405 e. The van der Waals surface area contributed by atoms with Gasteiger partial charge in [0.15, 0.2) is 5.82 Å². The Labute approximate surface area is 85.7 Å². The molecule has 3 nitrogen and oxygen atoms in total. The molecule has 0 aliphatic rings. The fourth-order valence-corrected chi connectivity index (χ4v) is 1.20. The molecule has 0 saturated heterocycles. The van der Waals surface area contributed by atoms with Gasteiger partial charge in [-0.25, -0.2) is 4.98 Å². The number of nitrogens with zero attached hydrogens (tertiary/aromatic N) is 2. The van der Waals surface area contributed by atoms with Crippen LogP contribution in [0.2, 0.25) is 0 Å². The zero-order chi connectivity index (χ0) is 11.6. The predicted octanol–water partition coefficient (Wildman–Crippen LogP) is 1.97. The molecule has 1 heterocycles. The van der Waals surface area contributed by atoms with Crippen molar-refractivity contribution < 1.29 is 13.2 Å². The molecule has 0 radical (unpaired) electrons. The number of halogens is 3. The van der Waals surface area contributed by atoms with Crippen molar-refractivity contribution in [3.05, 3.63) is 17.8 Å². The van der Waals surface area contributed by atoms with Crippen LogP contribution in [0.1, 0.15) is 5.56 Å². The first-order valence-electron chi connectivity index (χ1n) is 4.30. The Morgan fingerprint density at radius 1 is 1.47 bits per heavy atom. The van der Waals surface area contributed by atoms with Gasteiger partial charge < -0.3 is 10.6 Å². The van der Waals surface area contributed by atoms with E-state index in [0.29, 0.717) is 5.56 Å². The second kappa shape index (κ2) is 3.96. The summed E-state index contributed by atoms with van der Waals surface area (Å²) in [5.41, 5.74) is 6.63. The molecule has 0 unspecified atom stereocenters. The van der Waals surface area contributed by atoms with E-state index in [0.717, 1.165) is 4.90 Å². The molecule has 6 heteroatoms. The third-order valence-corrected chi connectivity index (χ3v) is 1.97.